The number of carbonyl (C=O) groups excluding carboxylic acids is 1. The fourth-order valence-corrected chi connectivity index (χ4v) is 7.42. The second-order valence-electron chi connectivity index (χ2n) is 8.25. The average Bonchev–Trinajstić information content (AvgIpc) is 3.00. The Bertz CT molecular complexity index is 829. The van der Waals surface area contributed by atoms with Gasteiger partial charge in [0.25, 0.3) is 0 Å². The van der Waals surface area contributed by atoms with Crippen LogP contribution in [0.5, 0.6) is 0 Å². The molecular weight excluding hydrogens is 398 g/mol. The number of hydrogen-bond donors (Lipinski definition) is 0. The summed E-state index contributed by atoms with van der Waals surface area (Å²) in [4.78, 5) is 17.8. The topological polar surface area (TPSA) is 161 Å². The second kappa shape index (κ2) is 8.79. The van der Waals surface area contributed by atoms with Crippen molar-refractivity contribution >= 4 is 16.0 Å². The van der Waals surface area contributed by atoms with Crippen LogP contribution < -0.4 is 0 Å². The summed E-state index contributed by atoms with van der Waals surface area (Å²) in [5, 5.41) is 6.67. The van der Waals surface area contributed by atoms with Crippen molar-refractivity contribution in [2.24, 2.45) is 27.0 Å². The van der Waals surface area contributed by atoms with Gasteiger partial charge in [-0.3, -0.25) is 4.79 Å². The Morgan fingerprint density at radius 2 is 1.93 bits per heavy atom. The zero-order chi connectivity index (χ0) is 21.9. The molecule has 162 valence electrons. The van der Waals surface area contributed by atoms with Gasteiger partial charge in [-0.05, 0) is 41.7 Å². The van der Waals surface area contributed by atoms with Crippen molar-refractivity contribution in [1.29, 1.82) is 0 Å². The number of ether oxygens (including phenoxy) is 1. The number of carbonyl (C=O) groups is 1. The Kier molecular flexibility index (Phi) is 7.06. The number of fused-ring (bicyclic) bond motifs is 2. The molecule has 0 N–H and O–H groups in total. The molecule has 2 bridgehead atoms. The first-order valence-electron chi connectivity index (χ1n) is 9.83. The molecule has 12 heteroatoms. The molecule has 0 aliphatic heterocycles. The highest BCUT2D eigenvalue weighted by Crippen LogP contribution is 2.67. The van der Waals surface area contributed by atoms with E-state index in [1.807, 2.05) is 13.8 Å². The van der Waals surface area contributed by atoms with Crippen molar-refractivity contribution in [3.8, 4) is 0 Å². The molecule has 0 spiro atoms. The molecule has 0 radical (unpaired) electrons. The molecule has 0 aromatic carbocycles. The van der Waals surface area contributed by atoms with Crippen LogP contribution in [0.2, 0.25) is 0 Å². The predicted molar refractivity (Wildman–Crippen MR) is 107 cm³/mol. The molecule has 2 rings (SSSR count). The summed E-state index contributed by atoms with van der Waals surface area (Å²) >= 11 is 0. The van der Waals surface area contributed by atoms with Crippen molar-refractivity contribution in [2.45, 2.75) is 59.1 Å². The summed E-state index contributed by atoms with van der Waals surface area (Å²) in [6.45, 7) is 8.11. The summed E-state index contributed by atoms with van der Waals surface area (Å²) < 4.78 is 33.3. The number of nitrogens with zero attached hydrogens (tertiary/aromatic N) is 7. The summed E-state index contributed by atoms with van der Waals surface area (Å²) in [7, 11) is -3.54. The number of azide groups is 2. The molecule has 0 heterocycles. The third kappa shape index (κ3) is 4.16. The van der Waals surface area contributed by atoms with Gasteiger partial charge in [-0.15, -0.1) is 0 Å². The first-order valence-corrected chi connectivity index (χ1v) is 11.4. The fourth-order valence-electron chi connectivity index (χ4n) is 5.09. The Morgan fingerprint density at radius 1 is 1.28 bits per heavy atom. The van der Waals surface area contributed by atoms with Crippen molar-refractivity contribution in [3.63, 3.8) is 0 Å². The van der Waals surface area contributed by atoms with Crippen LogP contribution in [0.4, 0.5) is 0 Å². The summed E-state index contributed by atoms with van der Waals surface area (Å²) in [6.07, 6.45) is 1.49. The van der Waals surface area contributed by atoms with Crippen LogP contribution >= 0.6 is 0 Å². The summed E-state index contributed by atoms with van der Waals surface area (Å²) in [5.74, 6) is -0.642. The van der Waals surface area contributed by atoms with Gasteiger partial charge in [0, 0.05) is 34.9 Å². The molecule has 2 aliphatic rings. The monoisotopic (exact) mass is 427 g/mol. The molecule has 2 aliphatic carbocycles. The number of esters is 1. The first-order chi connectivity index (χ1) is 13.6. The minimum atomic E-state index is -3.54. The van der Waals surface area contributed by atoms with E-state index < -0.39 is 33.6 Å². The third-order valence-electron chi connectivity index (χ3n) is 6.94. The zero-order valence-electron chi connectivity index (χ0n) is 17.4. The Morgan fingerprint density at radius 3 is 2.45 bits per heavy atom. The summed E-state index contributed by atoms with van der Waals surface area (Å²) in [6, 6.07) is -1.27. The SMILES string of the molecule is CCN(CC)S(=O)(=O)CC12CCC(CC1OC(=O)C(CN=[N+]=[N-])N=[N+]=[N-])C2(C)C. The minimum absolute atomic E-state index is 0.0916. The lowest BCUT2D eigenvalue weighted by molar-refractivity contribution is -0.158. The van der Waals surface area contributed by atoms with Crippen molar-refractivity contribution in [3.05, 3.63) is 20.9 Å². The van der Waals surface area contributed by atoms with E-state index in [1.54, 1.807) is 13.8 Å². The summed E-state index contributed by atoms with van der Waals surface area (Å²) in [5.41, 5.74) is 16.1. The highest BCUT2D eigenvalue weighted by molar-refractivity contribution is 7.89. The average molecular weight is 428 g/mol. The van der Waals surface area contributed by atoms with Crippen LogP contribution in [-0.2, 0) is 19.6 Å². The van der Waals surface area contributed by atoms with E-state index >= 15 is 0 Å². The van der Waals surface area contributed by atoms with E-state index in [9.17, 15) is 13.2 Å². The van der Waals surface area contributed by atoms with Gasteiger partial charge in [0.1, 0.15) is 12.1 Å². The zero-order valence-corrected chi connectivity index (χ0v) is 18.2. The number of rotatable bonds is 10. The Labute approximate surface area is 171 Å². The van der Waals surface area contributed by atoms with Gasteiger partial charge < -0.3 is 4.74 Å². The van der Waals surface area contributed by atoms with Gasteiger partial charge in [0.2, 0.25) is 10.0 Å². The van der Waals surface area contributed by atoms with Crippen LogP contribution in [0, 0.1) is 16.7 Å². The van der Waals surface area contributed by atoms with Crippen LogP contribution in [0.1, 0.15) is 47.0 Å². The van der Waals surface area contributed by atoms with Gasteiger partial charge in [0.05, 0.1) is 5.75 Å². The standard InChI is InChI=1S/C17H29N7O4S/c1-5-24(6-2)29(26,27)11-17-8-7-12(16(17,3)4)9-14(17)28-15(25)13(21-23-19)10-20-22-18/h12-14H,5-11H2,1-4H3. The fraction of sp³-hybridized carbons (Fsp3) is 0.941. The van der Waals surface area contributed by atoms with Gasteiger partial charge in [-0.2, -0.15) is 0 Å². The van der Waals surface area contributed by atoms with Gasteiger partial charge in [-0.25, -0.2) is 12.7 Å². The maximum absolute atomic E-state index is 13.1. The maximum Gasteiger partial charge on any atom is 0.315 e. The first kappa shape index (κ1) is 23.3. The highest BCUT2D eigenvalue weighted by Gasteiger charge is 2.67. The molecule has 0 aromatic heterocycles. The van der Waals surface area contributed by atoms with Crippen LogP contribution in [0.3, 0.4) is 0 Å². The van der Waals surface area contributed by atoms with E-state index in [1.165, 1.54) is 4.31 Å². The highest BCUT2D eigenvalue weighted by atomic mass is 32.2. The normalized spacial score (nSPS) is 28.4. The Balaban J connectivity index is 2.33. The number of sulfonamides is 1. The quantitative estimate of drug-likeness (QED) is 0.226. The maximum atomic E-state index is 13.1. The van der Waals surface area contributed by atoms with Crippen molar-refractivity contribution < 1.29 is 17.9 Å². The molecule has 4 atom stereocenters. The molecule has 2 saturated carbocycles. The molecule has 29 heavy (non-hydrogen) atoms. The molecule has 11 nitrogen and oxygen atoms in total. The molecule has 4 unspecified atom stereocenters. The largest absolute Gasteiger partial charge is 0.461 e. The third-order valence-corrected chi connectivity index (χ3v) is 9.12. The molecule has 0 aromatic rings. The molecule has 0 amide bonds. The van der Waals surface area contributed by atoms with E-state index in [4.69, 9.17) is 15.8 Å². The molecular formula is C17H29N7O4S. The van der Waals surface area contributed by atoms with E-state index in [-0.39, 0.29) is 23.6 Å². The van der Waals surface area contributed by atoms with Gasteiger partial charge in [-0.1, -0.05) is 37.9 Å². The molecule has 0 saturated heterocycles. The van der Waals surface area contributed by atoms with Crippen molar-refractivity contribution in [2.75, 3.05) is 25.4 Å². The predicted octanol–water partition coefficient (Wildman–Crippen LogP) is 3.39. The lowest BCUT2D eigenvalue weighted by Crippen LogP contribution is -2.50. The second-order valence-corrected chi connectivity index (χ2v) is 10.2. The lowest BCUT2D eigenvalue weighted by atomic mass is 9.69. The lowest BCUT2D eigenvalue weighted by Gasteiger charge is -2.42. The molecule has 2 fully saturated rings. The van der Waals surface area contributed by atoms with Gasteiger partial charge >= 0.3 is 5.97 Å². The van der Waals surface area contributed by atoms with Crippen LogP contribution in [-0.4, -0.2) is 56.2 Å². The van der Waals surface area contributed by atoms with E-state index in [2.05, 4.69) is 20.1 Å². The number of hydrogen-bond acceptors (Lipinski definition) is 6. The van der Waals surface area contributed by atoms with Crippen LogP contribution in [0.25, 0.3) is 20.9 Å². The van der Waals surface area contributed by atoms with E-state index in [0.717, 1.165) is 6.42 Å². The smallest absolute Gasteiger partial charge is 0.315 e. The van der Waals surface area contributed by atoms with E-state index in [0.29, 0.717) is 25.9 Å². The van der Waals surface area contributed by atoms with Crippen molar-refractivity contribution in [1.82, 2.24) is 4.31 Å². The van der Waals surface area contributed by atoms with Gasteiger partial charge in [0.15, 0.2) is 0 Å². The Hall–Kier alpha value is -2.00. The van der Waals surface area contributed by atoms with Crippen LogP contribution in [0.15, 0.2) is 10.2 Å². The minimum Gasteiger partial charge on any atom is -0.461 e.